The summed E-state index contributed by atoms with van der Waals surface area (Å²) in [6.45, 7) is 3.95. The normalized spacial score (nSPS) is 27.1. The molecule has 2 rings (SSSR count). The topological polar surface area (TPSA) is 44.1 Å². The summed E-state index contributed by atoms with van der Waals surface area (Å²) in [7, 11) is 0. The molecule has 1 heterocycles. The van der Waals surface area contributed by atoms with Gasteiger partial charge in [0.25, 0.3) is 0 Å². The molecule has 0 spiro atoms. The van der Waals surface area contributed by atoms with Gasteiger partial charge in [0.1, 0.15) is 5.41 Å². The zero-order valence-corrected chi connectivity index (χ0v) is 10.7. The summed E-state index contributed by atoms with van der Waals surface area (Å²) >= 11 is 0. The minimum atomic E-state index is -0.666. The third-order valence-electron chi connectivity index (χ3n) is 4.35. The van der Waals surface area contributed by atoms with Gasteiger partial charge in [-0.05, 0) is 31.6 Å². The molecule has 1 saturated heterocycles. The van der Waals surface area contributed by atoms with Gasteiger partial charge >= 0.3 is 0 Å². The van der Waals surface area contributed by atoms with Gasteiger partial charge in [-0.3, -0.25) is 4.79 Å². The van der Waals surface area contributed by atoms with Crippen LogP contribution < -0.4 is 0 Å². The van der Waals surface area contributed by atoms with Gasteiger partial charge in [0.05, 0.1) is 6.07 Å². The van der Waals surface area contributed by atoms with Crippen LogP contribution in [-0.4, -0.2) is 23.9 Å². The van der Waals surface area contributed by atoms with Crippen molar-refractivity contribution in [3.8, 4) is 6.07 Å². The highest BCUT2D eigenvalue weighted by molar-refractivity contribution is 5.86. The fourth-order valence-corrected chi connectivity index (χ4v) is 3.32. The molecule has 1 aliphatic heterocycles. The SMILES string of the molecule is CCCC1CCN(C(=O)C2(C#N)CCCC2)C1. The van der Waals surface area contributed by atoms with Crippen molar-refractivity contribution in [2.24, 2.45) is 11.3 Å². The van der Waals surface area contributed by atoms with Gasteiger partial charge in [-0.25, -0.2) is 0 Å². The molecule has 1 aliphatic carbocycles. The Morgan fingerprint density at radius 3 is 2.76 bits per heavy atom. The van der Waals surface area contributed by atoms with Crippen molar-refractivity contribution in [3.63, 3.8) is 0 Å². The van der Waals surface area contributed by atoms with Gasteiger partial charge in [-0.2, -0.15) is 5.26 Å². The number of nitriles is 1. The Labute approximate surface area is 104 Å². The summed E-state index contributed by atoms with van der Waals surface area (Å²) in [6, 6.07) is 2.31. The molecule has 2 fully saturated rings. The number of hydrogen-bond donors (Lipinski definition) is 0. The molecule has 0 N–H and O–H groups in total. The number of likely N-dealkylation sites (tertiary alicyclic amines) is 1. The maximum Gasteiger partial charge on any atom is 0.243 e. The highest BCUT2D eigenvalue weighted by Gasteiger charge is 2.45. The van der Waals surface area contributed by atoms with Gasteiger partial charge in [0.15, 0.2) is 0 Å². The first-order valence-electron chi connectivity index (χ1n) is 6.92. The van der Waals surface area contributed by atoms with Crippen LogP contribution in [0.4, 0.5) is 0 Å². The fourth-order valence-electron chi connectivity index (χ4n) is 3.32. The first kappa shape index (κ1) is 12.4. The van der Waals surface area contributed by atoms with Gasteiger partial charge in [-0.15, -0.1) is 0 Å². The largest absolute Gasteiger partial charge is 0.341 e. The van der Waals surface area contributed by atoms with Crippen LogP contribution in [-0.2, 0) is 4.79 Å². The predicted molar refractivity (Wildman–Crippen MR) is 66.1 cm³/mol. The summed E-state index contributed by atoms with van der Waals surface area (Å²) in [6.07, 6.45) is 7.14. The third-order valence-corrected chi connectivity index (χ3v) is 4.35. The number of amides is 1. The maximum absolute atomic E-state index is 12.5. The van der Waals surface area contributed by atoms with E-state index in [4.69, 9.17) is 0 Å². The molecule has 1 unspecified atom stereocenters. The molecule has 1 saturated carbocycles. The number of hydrogen-bond acceptors (Lipinski definition) is 2. The lowest BCUT2D eigenvalue weighted by molar-refractivity contribution is -0.137. The van der Waals surface area contributed by atoms with Crippen molar-refractivity contribution in [2.45, 2.75) is 51.9 Å². The molecule has 0 aromatic rings. The molecule has 0 aromatic heterocycles. The zero-order chi connectivity index (χ0) is 12.3. The lowest BCUT2D eigenvalue weighted by Gasteiger charge is -2.26. The summed E-state index contributed by atoms with van der Waals surface area (Å²) in [5, 5.41) is 9.32. The molecule has 94 valence electrons. The number of nitrogens with zero attached hydrogens (tertiary/aromatic N) is 2. The van der Waals surface area contributed by atoms with Crippen molar-refractivity contribution in [3.05, 3.63) is 0 Å². The van der Waals surface area contributed by atoms with E-state index < -0.39 is 5.41 Å². The van der Waals surface area contributed by atoms with Crippen LogP contribution >= 0.6 is 0 Å². The van der Waals surface area contributed by atoms with E-state index in [0.29, 0.717) is 5.92 Å². The van der Waals surface area contributed by atoms with E-state index >= 15 is 0 Å². The molecule has 1 amide bonds. The zero-order valence-electron chi connectivity index (χ0n) is 10.7. The summed E-state index contributed by atoms with van der Waals surface area (Å²) in [5.41, 5.74) is -0.666. The van der Waals surface area contributed by atoms with Crippen LogP contribution in [0.5, 0.6) is 0 Å². The maximum atomic E-state index is 12.5. The number of carbonyl (C=O) groups is 1. The van der Waals surface area contributed by atoms with Crippen molar-refractivity contribution < 1.29 is 4.79 Å². The molecule has 3 nitrogen and oxygen atoms in total. The molecule has 3 heteroatoms. The first-order chi connectivity index (χ1) is 8.22. The Kier molecular flexibility index (Phi) is 3.71. The molecular weight excluding hydrogens is 212 g/mol. The predicted octanol–water partition coefficient (Wildman–Crippen LogP) is 2.72. The third kappa shape index (κ3) is 2.31. The van der Waals surface area contributed by atoms with E-state index in [1.165, 1.54) is 12.8 Å². The van der Waals surface area contributed by atoms with E-state index in [1.807, 2.05) is 4.90 Å². The number of carbonyl (C=O) groups excluding carboxylic acids is 1. The average molecular weight is 234 g/mol. The van der Waals surface area contributed by atoms with E-state index in [0.717, 1.165) is 45.2 Å². The second kappa shape index (κ2) is 5.08. The second-order valence-corrected chi connectivity index (χ2v) is 5.60. The van der Waals surface area contributed by atoms with Crippen LogP contribution in [0.2, 0.25) is 0 Å². The standard InChI is InChI=1S/C14H22N2O/c1-2-5-12-6-9-16(10-12)13(17)14(11-15)7-3-4-8-14/h12H,2-10H2,1H3. The lowest BCUT2D eigenvalue weighted by Crippen LogP contribution is -2.40. The Bertz CT molecular complexity index is 326. The van der Waals surface area contributed by atoms with E-state index in [1.54, 1.807) is 0 Å². The van der Waals surface area contributed by atoms with E-state index in [9.17, 15) is 10.1 Å². The lowest BCUT2D eigenvalue weighted by atomic mass is 9.86. The second-order valence-electron chi connectivity index (χ2n) is 5.60. The highest BCUT2D eigenvalue weighted by atomic mass is 16.2. The smallest absolute Gasteiger partial charge is 0.243 e. The molecule has 2 aliphatic rings. The Morgan fingerprint density at radius 2 is 2.18 bits per heavy atom. The Morgan fingerprint density at radius 1 is 1.47 bits per heavy atom. The summed E-state index contributed by atoms with van der Waals surface area (Å²) in [5.74, 6) is 0.789. The quantitative estimate of drug-likeness (QED) is 0.753. The van der Waals surface area contributed by atoms with Crippen molar-refractivity contribution in [1.82, 2.24) is 4.90 Å². The minimum Gasteiger partial charge on any atom is -0.341 e. The van der Waals surface area contributed by atoms with Crippen molar-refractivity contribution in [2.75, 3.05) is 13.1 Å². The van der Waals surface area contributed by atoms with Crippen LogP contribution in [0.1, 0.15) is 51.9 Å². The van der Waals surface area contributed by atoms with Gasteiger partial charge < -0.3 is 4.90 Å². The first-order valence-corrected chi connectivity index (χ1v) is 6.92. The molecule has 0 aromatic carbocycles. The molecule has 0 radical (unpaired) electrons. The van der Waals surface area contributed by atoms with Gasteiger partial charge in [0.2, 0.25) is 5.91 Å². The van der Waals surface area contributed by atoms with E-state index in [2.05, 4.69) is 13.0 Å². The number of rotatable bonds is 3. The van der Waals surface area contributed by atoms with Crippen molar-refractivity contribution >= 4 is 5.91 Å². The molecule has 1 atom stereocenters. The van der Waals surface area contributed by atoms with Gasteiger partial charge in [0, 0.05) is 13.1 Å². The van der Waals surface area contributed by atoms with Gasteiger partial charge in [-0.1, -0.05) is 26.2 Å². The minimum absolute atomic E-state index is 0.121. The Hall–Kier alpha value is -1.04. The summed E-state index contributed by atoms with van der Waals surface area (Å²) < 4.78 is 0. The summed E-state index contributed by atoms with van der Waals surface area (Å²) in [4.78, 5) is 14.4. The van der Waals surface area contributed by atoms with Crippen LogP contribution in [0.25, 0.3) is 0 Å². The fraction of sp³-hybridized carbons (Fsp3) is 0.857. The van der Waals surface area contributed by atoms with Crippen LogP contribution in [0.3, 0.4) is 0 Å². The molecular formula is C14H22N2O. The molecule has 0 bridgehead atoms. The van der Waals surface area contributed by atoms with Crippen molar-refractivity contribution in [1.29, 1.82) is 5.26 Å². The Balaban J connectivity index is 1.99. The monoisotopic (exact) mass is 234 g/mol. The molecule has 17 heavy (non-hydrogen) atoms. The average Bonchev–Trinajstić information content (AvgIpc) is 2.98. The van der Waals surface area contributed by atoms with Crippen LogP contribution in [0.15, 0.2) is 0 Å². The highest BCUT2D eigenvalue weighted by Crippen LogP contribution is 2.40. The van der Waals surface area contributed by atoms with Crippen LogP contribution in [0, 0.1) is 22.7 Å². The van der Waals surface area contributed by atoms with E-state index in [-0.39, 0.29) is 5.91 Å².